The molecule has 14 heteroatoms. The van der Waals surface area contributed by atoms with Gasteiger partial charge in [-0.25, -0.2) is 0 Å². The maximum atomic E-state index is 13.2. The van der Waals surface area contributed by atoms with Gasteiger partial charge in [-0.05, 0) is 50.2 Å². The number of hydrogen-bond donors (Lipinski definition) is 8. The molecule has 14 nitrogen and oxygen atoms in total. The number of nitrogens with one attached hydrogen (secondary N) is 4. The van der Waals surface area contributed by atoms with Crippen LogP contribution in [0.5, 0.6) is 0 Å². The van der Waals surface area contributed by atoms with E-state index in [0.717, 1.165) is 0 Å². The van der Waals surface area contributed by atoms with E-state index >= 15 is 0 Å². The predicted octanol–water partition coefficient (Wildman–Crippen LogP) is -2.08. The van der Waals surface area contributed by atoms with Crippen LogP contribution in [0.1, 0.15) is 45.7 Å². The lowest BCUT2D eigenvalue weighted by molar-refractivity contribution is -0.126. The second kappa shape index (κ2) is 12.6. The molecule has 1 aliphatic rings. The van der Waals surface area contributed by atoms with Gasteiger partial charge in [0.2, 0.25) is 23.6 Å². The van der Waals surface area contributed by atoms with Gasteiger partial charge in [-0.3, -0.25) is 28.8 Å². The largest absolute Gasteiger partial charge is 0.343 e. The van der Waals surface area contributed by atoms with E-state index < -0.39 is 59.4 Å². The Kier molecular flexibility index (Phi) is 9.44. The van der Waals surface area contributed by atoms with Gasteiger partial charge in [0.05, 0.1) is 12.1 Å². The normalized spacial score (nSPS) is 15.1. The van der Waals surface area contributed by atoms with Gasteiger partial charge < -0.3 is 44.2 Å². The minimum absolute atomic E-state index is 0.0847. The van der Waals surface area contributed by atoms with Crippen LogP contribution in [0.25, 0.3) is 0 Å². The van der Waals surface area contributed by atoms with Crippen LogP contribution in [0.15, 0.2) is 36.4 Å². The van der Waals surface area contributed by atoms with E-state index in [1.165, 1.54) is 50.2 Å². The first kappa shape index (κ1) is 30.0. The molecule has 0 radical (unpaired) electrons. The van der Waals surface area contributed by atoms with Crippen LogP contribution in [0, 0.1) is 0 Å². The van der Waals surface area contributed by atoms with Crippen molar-refractivity contribution in [2.24, 2.45) is 22.9 Å². The summed E-state index contributed by atoms with van der Waals surface area (Å²) in [6.45, 7) is 2.75. The molecule has 0 aliphatic heterocycles. The molecule has 212 valence electrons. The highest BCUT2D eigenvalue weighted by Gasteiger charge is 2.31. The summed E-state index contributed by atoms with van der Waals surface area (Å²) >= 11 is 0. The van der Waals surface area contributed by atoms with Crippen molar-refractivity contribution in [1.82, 2.24) is 10.6 Å². The number of anilines is 2. The van der Waals surface area contributed by atoms with Crippen molar-refractivity contribution in [2.45, 2.75) is 38.0 Å². The molecule has 0 fully saturated rings. The molecule has 2 unspecified atom stereocenters. The van der Waals surface area contributed by atoms with Crippen LogP contribution in [-0.2, 0) is 19.2 Å². The lowest BCUT2D eigenvalue weighted by Crippen LogP contribution is -2.51. The van der Waals surface area contributed by atoms with Crippen molar-refractivity contribution in [3.8, 4) is 0 Å². The summed E-state index contributed by atoms with van der Waals surface area (Å²) < 4.78 is 0. The number of nitrogens with two attached hydrogens (primary N) is 4. The third-order valence-corrected chi connectivity index (χ3v) is 6.24. The molecule has 0 bridgehead atoms. The van der Waals surface area contributed by atoms with Crippen LogP contribution < -0.4 is 44.2 Å². The maximum Gasteiger partial charge on any atom is 0.246 e. The summed E-state index contributed by atoms with van der Waals surface area (Å²) in [6, 6.07) is 4.68. The SMILES string of the molecule is C[C@H](NC(=O)C(N)CN)C(=O)Nc1ccc2c(c1)C(=O)c1ccc(NC(=O)[C@H](C)NC(=O)C(N)CN)cc1C2=O. The molecular weight excluding hydrogens is 520 g/mol. The van der Waals surface area contributed by atoms with Crippen molar-refractivity contribution < 1.29 is 28.8 Å². The van der Waals surface area contributed by atoms with Gasteiger partial charge in [0.1, 0.15) is 12.1 Å². The Morgan fingerprint density at radius 1 is 0.625 bits per heavy atom. The summed E-state index contributed by atoms with van der Waals surface area (Å²) in [5, 5.41) is 10.1. The third-order valence-electron chi connectivity index (χ3n) is 6.24. The second-order valence-corrected chi connectivity index (χ2v) is 9.30. The van der Waals surface area contributed by atoms with E-state index in [1.54, 1.807) is 0 Å². The average molecular weight is 553 g/mol. The summed E-state index contributed by atoms with van der Waals surface area (Å²) in [6.07, 6.45) is 0. The number of rotatable bonds is 10. The number of benzene rings is 2. The topological polar surface area (TPSA) is 255 Å². The van der Waals surface area contributed by atoms with Crippen LogP contribution in [-0.4, -0.2) is 72.5 Å². The van der Waals surface area contributed by atoms with Crippen molar-refractivity contribution in [3.05, 3.63) is 58.7 Å². The zero-order valence-electron chi connectivity index (χ0n) is 21.9. The smallest absolute Gasteiger partial charge is 0.246 e. The van der Waals surface area contributed by atoms with Gasteiger partial charge in [-0.2, -0.15) is 0 Å². The monoisotopic (exact) mass is 552 g/mol. The lowest BCUT2D eigenvalue weighted by atomic mass is 9.83. The molecule has 3 rings (SSSR count). The number of hydrogen-bond acceptors (Lipinski definition) is 10. The fourth-order valence-electron chi connectivity index (χ4n) is 3.79. The Bertz CT molecular complexity index is 1270. The van der Waals surface area contributed by atoms with Gasteiger partial charge in [0.25, 0.3) is 0 Å². The summed E-state index contributed by atoms with van der Waals surface area (Å²) in [7, 11) is 0. The first-order valence-electron chi connectivity index (χ1n) is 12.4. The quantitative estimate of drug-likeness (QED) is 0.136. The molecular formula is C26H32N8O6. The van der Waals surface area contributed by atoms with Crippen LogP contribution in [0.3, 0.4) is 0 Å². The minimum atomic E-state index is -0.957. The molecule has 0 saturated carbocycles. The standard InChI is InChI=1S/C26H32N8O6/c1-11(31-25(39)19(29)9-27)23(37)33-13-3-5-15-17(7-13)21(35)16-6-4-14(8-18(16)22(15)36)34-24(38)12(2)32-26(40)20(30)10-28/h3-8,11-12,19-20H,9-10,27-30H2,1-2H3,(H,31,39)(H,32,40)(H,33,37)(H,34,38)/t11-,12-,19?,20?/m0/s1. The predicted molar refractivity (Wildman–Crippen MR) is 146 cm³/mol. The van der Waals surface area contributed by atoms with Crippen molar-refractivity contribution in [2.75, 3.05) is 23.7 Å². The fourth-order valence-corrected chi connectivity index (χ4v) is 3.79. The molecule has 2 aromatic rings. The molecule has 0 spiro atoms. The molecule has 0 heterocycles. The van der Waals surface area contributed by atoms with Crippen LogP contribution in [0.4, 0.5) is 11.4 Å². The van der Waals surface area contributed by atoms with E-state index in [9.17, 15) is 28.8 Å². The van der Waals surface area contributed by atoms with Crippen LogP contribution in [0.2, 0.25) is 0 Å². The minimum Gasteiger partial charge on any atom is -0.343 e. The zero-order chi connectivity index (χ0) is 29.7. The molecule has 2 aromatic carbocycles. The Hall–Kier alpha value is -4.50. The first-order valence-corrected chi connectivity index (χ1v) is 12.4. The number of carbonyl (C=O) groups is 6. The van der Waals surface area contributed by atoms with Crippen molar-refractivity contribution in [1.29, 1.82) is 0 Å². The van der Waals surface area contributed by atoms with Gasteiger partial charge in [-0.15, -0.1) is 0 Å². The number of amides is 4. The Morgan fingerprint density at radius 3 is 1.30 bits per heavy atom. The van der Waals surface area contributed by atoms with Gasteiger partial charge in [0.15, 0.2) is 11.6 Å². The molecule has 12 N–H and O–H groups in total. The van der Waals surface area contributed by atoms with E-state index in [0.29, 0.717) is 0 Å². The van der Waals surface area contributed by atoms with Gasteiger partial charge in [0, 0.05) is 46.7 Å². The third kappa shape index (κ3) is 6.55. The van der Waals surface area contributed by atoms with Gasteiger partial charge >= 0.3 is 0 Å². The highest BCUT2D eigenvalue weighted by Crippen LogP contribution is 2.31. The van der Waals surface area contributed by atoms with Crippen molar-refractivity contribution >= 4 is 46.6 Å². The molecule has 0 aromatic heterocycles. The van der Waals surface area contributed by atoms with Gasteiger partial charge in [-0.1, -0.05) is 0 Å². The number of fused-ring (bicyclic) bond motifs is 2. The summed E-state index contributed by atoms with van der Waals surface area (Å²) in [4.78, 5) is 75.3. The van der Waals surface area contributed by atoms with E-state index in [1.807, 2.05) is 0 Å². The molecule has 0 saturated heterocycles. The highest BCUT2D eigenvalue weighted by molar-refractivity contribution is 6.29. The number of ketones is 2. The van der Waals surface area contributed by atoms with E-state index in [2.05, 4.69) is 21.3 Å². The van der Waals surface area contributed by atoms with E-state index in [4.69, 9.17) is 22.9 Å². The molecule has 4 atom stereocenters. The summed E-state index contributed by atoms with van der Waals surface area (Å²) in [5.74, 6) is -3.21. The Balaban J connectivity index is 1.74. The lowest BCUT2D eigenvalue weighted by Gasteiger charge is -2.21. The average Bonchev–Trinajstić information content (AvgIpc) is 2.94. The number of carbonyl (C=O) groups excluding carboxylic acids is 6. The zero-order valence-corrected chi connectivity index (χ0v) is 21.9. The van der Waals surface area contributed by atoms with Crippen LogP contribution >= 0.6 is 0 Å². The first-order chi connectivity index (χ1) is 18.9. The summed E-state index contributed by atoms with van der Waals surface area (Å²) in [5.41, 5.74) is 22.7. The molecule has 4 amide bonds. The second-order valence-electron chi connectivity index (χ2n) is 9.30. The maximum absolute atomic E-state index is 13.2. The Labute approximate surface area is 229 Å². The Morgan fingerprint density at radius 2 is 0.975 bits per heavy atom. The molecule has 40 heavy (non-hydrogen) atoms. The highest BCUT2D eigenvalue weighted by atomic mass is 16.2. The van der Waals surface area contributed by atoms with E-state index in [-0.39, 0.29) is 46.7 Å². The molecule has 1 aliphatic carbocycles. The van der Waals surface area contributed by atoms with Crippen molar-refractivity contribution in [3.63, 3.8) is 0 Å². The fraction of sp³-hybridized carbons (Fsp3) is 0.308.